The summed E-state index contributed by atoms with van der Waals surface area (Å²) in [5.41, 5.74) is 6.15. The maximum atomic E-state index is 12.4. The van der Waals surface area contributed by atoms with Crippen LogP contribution in [0.5, 0.6) is 0 Å². The molecule has 110 valence electrons. The molecule has 1 aromatic heterocycles. The summed E-state index contributed by atoms with van der Waals surface area (Å²) < 4.78 is 1.96. The Morgan fingerprint density at radius 3 is 2.35 bits per heavy atom. The van der Waals surface area contributed by atoms with E-state index in [1.54, 1.807) is 0 Å². The number of hydrogen-bond acceptors (Lipinski definition) is 3. The SMILES string of the molecule is CCC(N)c1n[nH]c(=O)n1C12CC3CC(CC(C3)C1)C2. The lowest BCUT2D eigenvalue weighted by atomic mass is 9.53. The van der Waals surface area contributed by atoms with Crippen molar-refractivity contribution < 1.29 is 0 Å². The van der Waals surface area contributed by atoms with Crippen LogP contribution in [-0.4, -0.2) is 14.8 Å². The highest BCUT2D eigenvalue weighted by atomic mass is 16.1. The molecule has 1 heterocycles. The molecule has 4 bridgehead atoms. The molecule has 0 aromatic carbocycles. The Kier molecular flexibility index (Phi) is 2.65. The van der Waals surface area contributed by atoms with Crippen LogP contribution in [0, 0.1) is 17.8 Å². The molecule has 0 aliphatic heterocycles. The minimum Gasteiger partial charge on any atom is -0.321 e. The van der Waals surface area contributed by atoms with Crippen molar-refractivity contribution in [2.45, 2.75) is 63.5 Å². The first-order chi connectivity index (χ1) is 9.61. The van der Waals surface area contributed by atoms with Gasteiger partial charge in [0.05, 0.1) is 11.6 Å². The fraction of sp³-hybridized carbons (Fsp3) is 0.867. The third-order valence-corrected chi connectivity index (χ3v) is 5.95. The summed E-state index contributed by atoms with van der Waals surface area (Å²) in [6, 6.07) is -0.137. The number of nitrogens with two attached hydrogens (primary N) is 1. The Morgan fingerprint density at radius 2 is 1.85 bits per heavy atom. The van der Waals surface area contributed by atoms with Gasteiger partial charge in [0.15, 0.2) is 5.82 Å². The predicted octanol–water partition coefficient (Wildman–Crippen LogP) is 1.91. The van der Waals surface area contributed by atoms with E-state index in [1.807, 2.05) is 11.5 Å². The van der Waals surface area contributed by atoms with Crippen molar-refractivity contribution in [3.63, 3.8) is 0 Å². The van der Waals surface area contributed by atoms with E-state index in [4.69, 9.17) is 5.73 Å². The van der Waals surface area contributed by atoms with Crippen molar-refractivity contribution in [3.8, 4) is 0 Å². The van der Waals surface area contributed by atoms with Crippen molar-refractivity contribution in [1.29, 1.82) is 0 Å². The molecule has 5 heteroatoms. The number of rotatable bonds is 3. The van der Waals surface area contributed by atoms with Crippen LogP contribution in [0.3, 0.4) is 0 Å². The summed E-state index contributed by atoms with van der Waals surface area (Å²) in [4.78, 5) is 12.4. The number of H-pyrrole nitrogens is 1. The van der Waals surface area contributed by atoms with Crippen molar-refractivity contribution in [2.24, 2.45) is 23.5 Å². The first kappa shape index (κ1) is 12.6. The molecular weight excluding hydrogens is 252 g/mol. The summed E-state index contributed by atoms with van der Waals surface area (Å²) >= 11 is 0. The van der Waals surface area contributed by atoms with Crippen LogP contribution in [0.1, 0.15) is 63.7 Å². The highest BCUT2D eigenvalue weighted by molar-refractivity contribution is 5.10. The van der Waals surface area contributed by atoms with Crippen LogP contribution in [-0.2, 0) is 5.54 Å². The van der Waals surface area contributed by atoms with E-state index in [2.05, 4.69) is 10.2 Å². The summed E-state index contributed by atoms with van der Waals surface area (Å²) in [5, 5.41) is 6.90. The topological polar surface area (TPSA) is 76.7 Å². The fourth-order valence-corrected chi connectivity index (χ4v) is 5.54. The van der Waals surface area contributed by atoms with Gasteiger partial charge in [-0.3, -0.25) is 4.57 Å². The number of aromatic nitrogens is 3. The Bertz CT molecular complexity index is 537. The van der Waals surface area contributed by atoms with Crippen molar-refractivity contribution in [2.75, 3.05) is 0 Å². The van der Waals surface area contributed by atoms with E-state index in [0.29, 0.717) is 0 Å². The van der Waals surface area contributed by atoms with Gasteiger partial charge in [0.1, 0.15) is 0 Å². The van der Waals surface area contributed by atoms with Crippen LogP contribution >= 0.6 is 0 Å². The largest absolute Gasteiger partial charge is 0.343 e. The molecule has 1 unspecified atom stereocenters. The van der Waals surface area contributed by atoms with E-state index in [9.17, 15) is 4.79 Å². The average Bonchev–Trinajstić information content (AvgIpc) is 2.79. The second-order valence-electron chi connectivity index (χ2n) is 7.38. The van der Waals surface area contributed by atoms with Crippen LogP contribution in [0.25, 0.3) is 0 Å². The standard InChI is InChI=1S/C15H24N4O/c1-2-12(16)13-17-18-14(20)19(13)15-6-9-3-10(7-15)5-11(4-9)8-15/h9-12H,2-8,16H2,1H3,(H,18,20). The third kappa shape index (κ3) is 1.65. The first-order valence-corrected chi connectivity index (χ1v) is 8.04. The molecule has 3 N–H and O–H groups in total. The second-order valence-corrected chi connectivity index (χ2v) is 7.38. The van der Waals surface area contributed by atoms with E-state index in [-0.39, 0.29) is 17.3 Å². The lowest BCUT2D eigenvalue weighted by Crippen LogP contribution is -2.55. The molecule has 5 nitrogen and oxygen atoms in total. The highest BCUT2D eigenvalue weighted by Gasteiger charge is 2.53. The molecule has 5 rings (SSSR count). The Hall–Kier alpha value is -1.10. The number of hydrogen-bond donors (Lipinski definition) is 2. The highest BCUT2D eigenvalue weighted by Crippen LogP contribution is 2.58. The molecule has 4 aliphatic rings. The molecule has 0 spiro atoms. The van der Waals surface area contributed by atoms with E-state index in [0.717, 1.165) is 49.3 Å². The summed E-state index contributed by atoms with van der Waals surface area (Å²) in [6.07, 6.45) is 8.41. The van der Waals surface area contributed by atoms with Crippen LogP contribution in [0.4, 0.5) is 0 Å². The molecule has 4 fully saturated rings. The van der Waals surface area contributed by atoms with Crippen LogP contribution < -0.4 is 11.4 Å². The quantitative estimate of drug-likeness (QED) is 0.885. The second kappa shape index (κ2) is 4.20. The molecule has 0 amide bonds. The van der Waals surface area contributed by atoms with Crippen molar-refractivity contribution in [3.05, 3.63) is 16.3 Å². The zero-order chi connectivity index (χ0) is 13.9. The van der Waals surface area contributed by atoms with Gasteiger partial charge in [-0.25, -0.2) is 9.89 Å². The normalized spacial score (nSPS) is 40.2. The minimum atomic E-state index is -0.137. The van der Waals surface area contributed by atoms with Gasteiger partial charge in [-0.2, -0.15) is 5.10 Å². The van der Waals surface area contributed by atoms with Gasteiger partial charge in [0.2, 0.25) is 0 Å². The van der Waals surface area contributed by atoms with E-state index < -0.39 is 0 Å². The number of nitrogens with one attached hydrogen (secondary N) is 1. The summed E-state index contributed by atoms with van der Waals surface area (Å²) in [6.45, 7) is 2.05. The van der Waals surface area contributed by atoms with E-state index in [1.165, 1.54) is 19.3 Å². The minimum absolute atomic E-state index is 0.0148. The molecule has 0 radical (unpaired) electrons. The van der Waals surface area contributed by atoms with E-state index >= 15 is 0 Å². The van der Waals surface area contributed by atoms with Gasteiger partial charge in [-0.1, -0.05) is 6.92 Å². The van der Waals surface area contributed by atoms with Crippen molar-refractivity contribution >= 4 is 0 Å². The zero-order valence-corrected chi connectivity index (χ0v) is 12.1. The molecule has 0 saturated heterocycles. The zero-order valence-electron chi connectivity index (χ0n) is 12.1. The molecular formula is C15H24N4O. The van der Waals surface area contributed by atoms with Crippen molar-refractivity contribution in [1.82, 2.24) is 14.8 Å². The van der Waals surface area contributed by atoms with Gasteiger partial charge in [-0.05, 0) is 62.7 Å². The van der Waals surface area contributed by atoms with Gasteiger partial charge >= 0.3 is 5.69 Å². The van der Waals surface area contributed by atoms with Gasteiger partial charge in [-0.15, -0.1) is 0 Å². The predicted molar refractivity (Wildman–Crippen MR) is 76.2 cm³/mol. The smallest absolute Gasteiger partial charge is 0.321 e. The summed E-state index contributed by atoms with van der Waals surface area (Å²) in [5.74, 6) is 3.22. The lowest BCUT2D eigenvalue weighted by Gasteiger charge is -2.57. The first-order valence-electron chi connectivity index (χ1n) is 8.04. The van der Waals surface area contributed by atoms with Crippen LogP contribution in [0.15, 0.2) is 4.79 Å². The lowest BCUT2D eigenvalue weighted by molar-refractivity contribution is -0.0465. The maximum Gasteiger partial charge on any atom is 0.343 e. The Morgan fingerprint density at radius 1 is 1.30 bits per heavy atom. The monoisotopic (exact) mass is 276 g/mol. The maximum absolute atomic E-state index is 12.4. The van der Waals surface area contributed by atoms with Gasteiger partial charge < -0.3 is 5.73 Å². The molecule has 4 aliphatic carbocycles. The fourth-order valence-electron chi connectivity index (χ4n) is 5.54. The van der Waals surface area contributed by atoms with Gasteiger partial charge in [0, 0.05) is 0 Å². The Labute approximate surface area is 118 Å². The molecule has 4 saturated carbocycles. The number of aromatic amines is 1. The Balaban J connectivity index is 1.81. The van der Waals surface area contributed by atoms with Crippen LogP contribution in [0.2, 0.25) is 0 Å². The molecule has 20 heavy (non-hydrogen) atoms. The molecule has 1 atom stereocenters. The number of nitrogens with zero attached hydrogens (tertiary/aromatic N) is 2. The molecule has 1 aromatic rings. The van der Waals surface area contributed by atoms with Gasteiger partial charge in [0.25, 0.3) is 0 Å². The average molecular weight is 276 g/mol. The summed E-state index contributed by atoms with van der Waals surface area (Å²) in [7, 11) is 0. The third-order valence-electron chi connectivity index (χ3n) is 5.95.